The van der Waals surface area contributed by atoms with E-state index in [2.05, 4.69) is 10.4 Å². The lowest BCUT2D eigenvalue weighted by atomic mass is 10.1. The normalized spacial score (nSPS) is 12.2. The van der Waals surface area contributed by atoms with Gasteiger partial charge >= 0.3 is 0 Å². The Hall–Kier alpha value is -1.52. The van der Waals surface area contributed by atoms with Crippen molar-refractivity contribution in [3.8, 4) is 0 Å². The molecule has 4 nitrogen and oxygen atoms in total. The van der Waals surface area contributed by atoms with E-state index >= 15 is 0 Å². The fraction of sp³-hybridized carbons (Fsp3) is 0.231. The first kappa shape index (κ1) is 13.9. The Morgan fingerprint density at radius 2 is 1.89 bits per heavy atom. The van der Waals surface area contributed by atoms with E-state index in [1.165, 1.54) is 10.9 Å². The van der Waals surface area contributed by atoms with Crippen molar-refractivity contribution in [2.45, 2.75) is 13.0 Å². The maximum absolute atomic E-state index is 11.7. The number of hydrogen-bond donors (Lipinski definition) is 1. The van der Waals surface area contributed by atoms with Crippen molar-refractivity contribution in [2.75, 3.05) is 5.32 Å². The number of rotatable bonds is 3. The summed E-state index contributed by atoms with van der Waals surface area (Å²) < 4.78 is 1.19. The zero-order valence-corrected chi connectivity index (χ0v) is 12.0. The number of aryl methyl sites for hydroxylation is 1. The lowest BCUT2D eigenvalue weighted by molar-refractivity contribution is 0.706. The molecule has 1 aromatic carbocycles. The highest BCUT2D eigenvalue weighted by molar-refractivity contribution is 6.33. The molecule has 2 rings (SSSR count). The SMILES string of the molecule is CC(Nc1cnn(C)c(=O)c1Cl)c1ccc(Cl)cc1. The Labute approximate surface area is 121 Å². The number of nitrogens with zero attached hydrogens (tertiary/aromatic N) is 2. The summed E-state index contributed by atoms with van der Waals surface area (Å²) >= 11 is 11.8. The molecular weight excluding hydrogens is 285 g/mol. The highest BCUT2D eigenvalue weighted by Gasteiger charge is 2.11. The molecule has 2 aromatic rings. The molecule has 1 atom stereocenters. The van der Waals surface area contributed by atoms with Gasteiger partial charge in [0.05, 0.1) is 11.9 Å². The van der Waals surface area contributed by atoms with Gasteiger partial charge in [-0.3, -0.25) is 4.79 Å². The average molecular weight is 298 g/mol. The van der Waals surface area contributed by atoms with Gasteiger partial charge in [0.25, 0.3) is 5.56 Å². The van der Waals surface area contributed by atoms with Crippen LogP contribution in [0.25, 0.3) is 0 Å². The van der Waals surface area contributed by atoms with Crippen LogP contribution in [0.3, 0.4) is 0 Å². The first-order valence-corrected chi connectivity index (χ1v) is 6.48. The molecule has 0 aliphatic heterocycles. The Bertz CT molecular complexity index is 637. The smallest absolute Gasteiger partial charge is 0.287 e. The van der Waals surface area contributed by atoms with Crippen molar-refractivity contribution in [1.82, 2.24) is 9.78 Å². The monoisotopic (exact) mass is 297 g/mol. The number of anilines is 1. The van der Waals surface area contributed by atoms with Gasteiger partial charge in [-0.05, 0) is 24.6 Å². The topological polar surface area (TPSA) is 46.9 Å². The molecule has 19 heavy (non-hydrogen) atoms. The van der Waals surface area contributed by atoms with Crippen molar-refractivity contribution < 1.29 is 0 Å². The first-order valence-electron chi connectivity index (χ1n) is 5.73. The third-order valence-electron chi connectivity index (χ3n) is 2.82. The van der Waals surface area contributed by atoms with Crippen molar-refractivity contribution in [3.05, 3.63) is 56.4 Å². The van der Waals surface area contributed by atoms with Gasteiger partial charge in [0, 0.05) is 18.1 Å². The van der Waals surface area contributed by atoms with Crippen molar-refractivity contribution >= 4 is 28.9 Å². The molecule has 0 spiro atoms. The summed E-state index contributed by atoms with van der Waals surface area (Å²) in [5, 5.41) is 7.92. The van der Waals surface area contributed by atoms with Crippen LogP contribution in [0.5, 0.6) is 0 Å². The van der Waals surface area contributed by atoms with Gasteiger partial charge in [-0.1, -0.05) is 35.3 Å². The minimum atomic E-state index is -0.324. The summed E-state index contributed by atoms with van der Waals surface area (Å²) in [6, 6.07) is 7.46. The number of halogens is 2. The van der Waals surface area contributed by atoms with Crippen LogP contribution in [0.15, 0.2) is 35.3 Å². The van der Waals surface area contributed by atoms with Crippen LogP contribution in [0.4, 0.5) is 5.69 Å². The molecule has 1 heterocycles. The molecule has 0 radical (unpaired) electrons. The maximum atomic E-state index is 11.7. The highest BCUT2D eigenvalue weighted by atomic mass is 35.5. The molecular formula is C13H13Cl2N3O. The quantitative estimate of drug-likeness (QED) is 0.946. The first-order chi connectivity index (χ1) is 8.99. The Kier molecular flexibility index (Phi) is 4.12. The molecule has 1 aromatic heterocycles. The van der Waals surface area contributed by atoms with Crippen molar-refractivity contribution in [1.29, 1.82) is 0 Å². The zero-order chi connectivity index (χ0) is 14.0. The molecule has 0 amide bonds. The van der Waals surface area contributed by atoms with Crippen LogP contribution in [0.1, 0.15) is 18.5 Å². The molecule has 0 saturated heterocycles. The van der Waals surface area contributed by atoms with Gasteiger partial charge < -0.3 is 5.32 Å². The summed E-state index contributed by atoms with van der Waals surface area (Å²) in [5.74, 6) is 0. The number of benzene rings is 1. The fourth-order valence-corrected chi connectivity index (χ4v) is 2.03. The summed E-state index contributed by atoms with van der Waals surface area (Å²) in [4.78, 5) is 11.7. The van der Waals surface area contributed by atoms with Crippen LogP contribution in [0.2, 0.25) is 10.0 Å². The van der Waals surface area contributed by atoms with Crippen LogP contribution >= 0.6 is 23.2 Å². The van der Waals surface area contributed by atoms with Crippen molar-refractivity contribution in [3.63, 3.8) is 0 Å². The van der Waals surface area contributed by atoms with E-state index in [4.69, 9.17) is 23.2 Å². The largest absolute Gasteiger partial charge is 0.376 e. The van der Waals surface area contributed by atoms with Gasteiger partial charge in [-0.25, -0.2) is 4.68 Å². The number of hydrogen-bond acceptors (Lipinski definition) is 3. The zero-order valence-electron chi connectivity index (χ0n) is 10.5. The molecule has 0 bridgehead atoms. The molecule has 0 fully saturated rings. The Balaban J connectivity index is 2.24. The molecule has 0 aliphatic carbocycles. The van der Waals surface area contributed by atoms with Gasteiger partial charge in [-0.15, -0.1) is 0 Å². The minimum absolute atomic E-state index is 0.0105. The van der Waals surface area contributed by atoms with E-state index in [1.807, 2.05) is 31.2 Å². The van der Waals surface area contributed by atoms with E-state index in [9.17, 15) is 4.79 Å². The molecule has 1 unspecified atom stereocenters. The standard InChI is InChI=1S/C13H13Cl2N3O/c1-8(9-3-5-10(14)6-4-9)17-11-7-16-18(2)13(19)12(11)15/h3-8,17H,1-2H3. The van der Waals surface area contributed by atoms with Gasteiger partial charge in [0.1, 0.15) is 5.02 Å². The number of nitrogens with one attached hydrogen (secondary N) is 1. The van der Waals surface area contributed by atoms with Gasteiger partial charge in [-0.2, -0.15) is 5.10 Å². The fourth-order valence-electron chi connectivity index (χ4n) is 1.68. The maximum Gasteiger partial charge on any atom is 0.287 e. The van der Waals surface area contributed by atoms with E-state index in [0.717, 1.165) is 5.56 Å². The Morgan fingerprint density at radius 1 is 1.26 bits per heavy atom. The summed E-state index contributed by atoms with van der Waals surface area (Å²) in [7, 11) is 1.56. The Morgan fingerprint density at radius 3 is 2.53 bits per heavy atom. The highest BCUT2D eigenvalue weighted by Crippen LogP contribution is 2.23. The van der Waals surface area contributed by atoms with E-state index < -0.39 is 0 Å². The predicted molar refractivity (Wildman–Crippen MR) is 78.0 cm³/mol. The lowest BCUT2D eigenvalue weighted by Gasteiger charge is -2.16. The molecule has 6 heteroatoms. The second kappa shape index (κ2) is 5.63. The second-order valence-electron chi connectivity index (χ2n) is 4.22. The van der Waals surface area contributed by atoms with E-state index in [1.54, 1.807) is 7.05 Å². The third kappa shape index (κ3) is 3.08. The van der Waals surface area contributed by atoms with Gasteiger partial charge in [0.15, 0.2) is 0 Å². The van der Waals surface area contributed by atoms with Crippen molar-refractivity contribution in [2.24, 2.45) is 7.05 Å². The average Bonchev–Trinajstić information content (AvgIpc) is 2.40. The third-order valence-corrected chi connectivity index (χ3v) is 3.44. The van der Waals surface area contributed by atoms with Crippen LogP contribution < -0.4 is 10.9 Å². The second-order valence-corrected chi connectivity index (χ2v) is 5.03. The molecule has 100 valence electrons. The molecule has 0 aliphatic rings. The van der Waals surface area contributed by atoms with Gasteiger partial charge in [0.2, 0.25) is 0 Å². The summed E-state index contributed by atoms with van der Waals surface area (Å²) in [5.41, 5.74) is 1.24. The van der Waals surface area contributed by atoms with E-state index in [0.29, 0.717) is 10.7 Å². The van der Waals surface area contributed by atoms with Crippen LogP contribution in [-0.4, -0.2) is 9.78 Å². The van der Waals surface area contributed by atoms with Crippen LogP contribution in [-0.2, 0) is 7.05 Å². The lowest BCUT2D eigenvalue weighted by Crippen LogP contribution is -2.21. The number of aromatic nitrogens is 2. The van der Waals surface area contributed by atoms with E-state index in [-0.39, 0.29) is 16.6 Å². The summed E-state index contributed by atoms with van der Waals surface area (Å²) in [6.07, 6.45) is 1.54. The summed E-state index contributed by atoms with van der Waals surface area (Å²) in [6.45, 7) is 1.97. The molecule has 0 saturated carbocycles. The van der Waals surface area contributed by atoms with Crippen LogP contribution in [0, 0.1) is 0 Å². The minimum Gasteiger partial charge on any atom is -0.376 e. The molecule has 1 N–H and O–H groups in total. The predicted octanol–water partition coefficient (Wildman–Crippen LogP) is 3.26.